The van der Waals surface area contributed by atoms with Gasteiger partial charge < -0.3 is 5.11 Å². The Labute approximate surface area is 100 Å². The van der Waals surface area contributed by atoms with Gasteiger partial charge in [-0.1, -0.05) is 36.4 Å². The number of ketones is 1. The lowest BCUT2D eigenvalue weighted by Gasteiger charge is -2.16. The lowest BCUT2D eigenvalue weighted by molar-refractivity contribution is 0.104. The largest absolute Gasteiger partial charge is 0.506 e. The van der Waals surface area contributed by atoms with E-state index in [0.717, 1.165) is 10.8 Å². The van der Waals surface area contributed by atoms with Crippen molar-refractivity contribution in [2.24, 2.45) is 0 Å². The Morgan fingerprint density at radius 1 is 1.00 bits per heavy atom. The number of Topliss-reactive ketones (excluding diaryl/α,β-unsaturated/α-hetero) is 1. The molecule has 0 saturated heterocycles. The fourth-order valence-electron chi connectivity index (χ4n) is 2.07. The monoisotopic (exact) mass is 274 g/mol. The molecule has 3 heteroatoms. The molecule has 2 aromatic rings. The minimum absolute atomic E-state index is 0.0225. The van der Waals surface area contributed by atoms with Crippen LogP contribution in [0.15, 0.2) is 40.9 Å². The molecule has 0 unspecified atom stereocenters. The summed E-state index contributed by atoms with van der Waals surface area (Å²) in [4.78, 5) is 11.9. The second-order valence-corrected chi connectivity index (χ2v) is 4.49. The summed E-state index contributed by atoms with van der Waals surface area (Å²) in [5.41, 5.74) is 1.34. The predicted molar refractivity (Wildman–Crippen MR) is 66.8 cm³/mol. The summed E-state index contributed by atoms with van der Waals surface area (Å²) in [6.45, 7) is 0. The molecule has 3 rings (SSSR count). The first kappa shape index (κ1) is 9.60. The Bertz CT molecular complexity index is 651. The van der Waals surface area contributed by atoms with Crippen LogP contribution < -0.4 is 0 Å². The van der Waals surface area contributed by atoms with Crippen LogP contribution >= 0.6 is 15.9 Å². The molecule has 1 aliphatic carbocycles. The van der Waals surface area contributed by atoms with Gasteiger partial charge in [0.15, 0.2) is 0 Å². The molecule has 0 aliphatic heterocycles. The topological polar surface area (TPSA) is 37.3 Å². The maximum absolute atomic E-state index is 11.9. The fraction of sp³-hybridized carbons (Fsp3) is 0. The van der Waals surface area contributed by atoms with E-state index in [1.165, 1.54) is 0 Å². The van der Waals surface area contributed by atoms with Crippen LogP contribution in [0.25, 0.3) is 16.5 Å². The number of halogens is 1. The number of hydrogen-bond donors (Lipinski definition) is 1. The number of hydrogen-bond acceptors (Lipinski definition) is 2. The van der Waals surface area contributed by atoms with Gasteiger partial charge in [0.05, 0.1) is 0 Å². The van der Waals surface area contributed by atoms with E-state index in [4.69, 9.17) is 0 Å². The minimum Gasteiger partial charge on any atom is -0.506 e. The van der Waals surface area contributed by atoms with Crippen LogP contribution in [0, 0.1) is 0 Å². The highest BCUT2D eigenvalue weighted by atomic mass is 79.9. The van der Waals surface area contributed by atoms with Crippen LogP contribution in [-0.4, -0.2) is 10.9 Å². The number of rotatable bonds is 0. The lowest BCUT2D eigenvalue weighted by atomic mass is 9.91. The second kappa shape index (κ2) is 3.19. The summed E-state index contributed by atoms with van der Waals surface area (Å²) < 4.78 is 0.235. The molecule has 2 aromatic carbocycles. The highest BCUT2D eigenvalue weighted by molar-refractivity contribution is 9.12. The molecular formula is C13H7BrO2. The Morgan fingerprint density at radius 2 is 1.62 bits per heavy atom. The minimum atomic E-state index is -0.165. The van der Waals surface area contributed by atoms with Crippen molar-refractivity contribution in [3.8, 4) is 0 Å². The van der Waals surface area contributed by atoms with Gasteiger partial charge in [-0.3, -0.25) is 4.79 Å². The fourth-order valence-corrected chi connectivity index (χ4v) is 2.50. The van der Waals surface area contributed by atoms with Crippen molar-refractivity contribution in [1.82, 2.24) is 0 Å². The van der Waals surface area contributed by atoms with E-state index in [1.54, 1.807) is 6.07 Å². The summed E-state index contributed by atoms with van der Waals surface area (Å²) >= 11 is 3.13. The van der Waals surface area contributed by atoms with Crippen molar-refractivity contribution >= 4 is 38.2 Å². The van der Waals surface area contributed by atoms with E-state index >= 15 is 0 Å². The van der Waals surface area contributed by atoms with Gasteiger partial charge in [0, 0.05) is 16.5 Å². The van der Waals surface area contributed by atoms with E-state index in [0.29, 0.717) is 11.1 Å². The molecule has 1 aliphatic rings. The molecule has 0 saturated carbocycles. The number of allylic oxidation sites excluding steroid dienone is 1. The first-order valence-electron chi connectivity index (χ1n) is 4.85. The molecule has 0 heterocycles. The van der Waals surface area contributed by atoms with E-state index in [2.05, 4.69) is 15.9 Å². The number of carbonyl (C=O) groups excluding carboxylic acids is 1. The Balaban J connectivity index is 2.57. The normalized spacial score (nSPS) is 14.7. The van der Waals surface area contributed by atoms with Crippen molar-refractivity contribution in [2.75, 3.05) is 0 Å². The maximum atomic E-state index is 11.9. The summed E-state index contributed by atoms with van der Waals surface area (Å²) in [5.74, 6) is -0.143. The van der Waals surface area contributed by atoms with Crippen molar-refractivity contribution in [2.45, 2.75) is 0 Å². The van der Waals surface area contributed by atoms with Gasteiger partial charge in [0.2, 0.25) is 5.78 Å². The van der Waals surface area contributed by atoms with Crippen molar-refractivity contribution in [1.29, 1.82) is 0 Å². The molecule has 16 heavy (non-hydrogen) atoms. The Morgan fingerprint density at radius 3 is 2.31 bits per heavy atom. The molecule has 0 atom stereocenters. The van der Waals surface area contributed by atoms with E-state index in [1.807, 2.05) is 30.3 Å². The van der Waals surface area contributed by atoms with Gasteiger partial charge in [-0.25, -0.2) is 0 Å². The van der Waals surface area contributed by atoms with E-state index in [-0.39, 0.29) is 16.0 Å². The predicted octanol–water partition coefficient (Wildman–Crippen LogP) is 3.66. The molecular weight excluding hydrogens is 268 g/mol. The zero-order chi connectivity index (χ0) is 11.3. The van der Waals surface area contributed by atoms with Gasteiger partial charge in [0.25, 0.3) is 0 Å². The third kappa shape index (κ3) is 1.09. The third-order valence-corrected chi connectivity index (χ3v) is 3.55. The van der Waals surface area contributed by atoms with Gasteiger partial charge in [0.1, 0.15) is 10.2 Å². The maximum Gasteiger partial charge on any atom is 0.204 e. The van der Waals surface area contributed by atoms with Crippen LogP contribution in [0.5, 0.6) is 0 Å². The van der Waals surface area contributed by atoms with Crippen LogP contribution in [0.2, 0.25) is 0 Å². The van der Waals surface area contributed by atoms with Gasteiger partial charge in [-0.2, -0.15) is 0 Å². The van der Waals surface area contributed by atoms with Crippen molar-refractivity contribution < 1.29 is 9.90 Å². The van der Waals surface area contributed by atoms with Crippen LogP contribution in [0.3, 0.4) is 0 Å². The highest BCUT2D eigenvalue weighted by Crippen LogP contribution is 2.36. The first-order chi connectivity index (χ1) is 7.70. The second-order valence-electron chi connectivity index (χ2n) is 3.70. The molecule has 0 fully saturated rings. The quantitative estimate of drug-likeness (QED) is 0.796. The highest BCUT2D eigenvalue weighted by Gasteiger charge is 2.25. The van der Waals surface area contributed by atoms with Gasteiger partial charge >= 0.3 is 0 Å². The zero-order valence-corrected chi connectivity index (χ0v) is 9.78. The molecule has 78 valence electrons. The standard InChI is InChI=1S/C13H7BrO2/c14-11-12(15)8-5-1-3-7-4-2-6-9(10(7)8)13(11)16/h1-6,15H. The molecule has 0 bridgehead atoms. The molecule has 0 aromatic heterocycles. The summed E-state index contributed by atoms with van der Waals surface area (Å²) in [7, 11) is 0. The number of carbonyl (C=O) groups is 1. The van der Waals surface area contributed by atoms with Crippen molar-refractivity contribution in [3.05, 3.63) is 52.0 Å². The van der Waals surface area contributed by atoms with Crippen LogP contribution in [0.1, 0.15) is 15.9 Å². The molecule has 2 nitrogen and oxygen atoms in total. The Hall–Kier alpha value is -1.61. The van der Waals surface area contributed by atoms with E-state index in [9.17, 15) is 9.90 Å². The molecule has 0 amide bonds. The summed E-state index contributed by atoms with van der Waals surface area (Å²) in [6.07, 6.45) is 0. The molecule has 0 spiro atoms. The van der Waals surface area contributed by atoms with Gasteiger partial charge in [-0.05, 0) is 21.3 Å². The SMILES string of the molecule is O=C1C(Br)=C(O)c2cccc3cccc1c23. The van der Waals surface area contributed by atoms with Crippen LogP contribution in [-0.2, 0) is 0 Å². The number of aliphatic hydroxyl groups excluding tert-OH is 1. The smallest absolute Gasteiger partial charge is 0.204 e. The first-order valence-corrected chi connectivity index (χ1v) is 5.65. The lowest BCUT2D eigenvalue weighted by Crippen LogP contribution is -2.08. The van der Waals surface area contributed by atoms with Crippen molar-refractivity contribution in [3.63, 3.8) is 0 Å². The molecule has 1 N–H and O–H groups in total. The van der Waals surface area contributed by atoms with Gasteiger partial charge in [-0.15, -0.1) is 0 Å². The number of aliphatic hydroxyl groups is 1. The average Bonchev–Trinajstić information content (AvgIpc) is 2.33. The summed E-state index contributed by atoms with van der Waals surface area (Å²) in [5, 5.41) is 11.7. The Kier molecular flexibility index (Phi) is 1.91. The third-order valence-electron chi connectivity index (χ3n) is 2.81. The molecule has 0 radical (unpaired) electrons. The average molecular weight is 275 g/mol. The summed E-state index contributed by atoms with van der Waals surface area (Å²) in [6, 6.07) is 11.2. The zero-order valence-electron chi connectivity index (χ0n) is 8.20. The van der Waals surface area contributed by atoms with E-state index < -0.39 is 0 Å². The van der Waals surface area contributed by atoms with Crippen LogP contribution in [0.4, 0.5) is 0 Å². The number of benzene rings is 2.